The van der Waals surface area contributed by atoms with E-state index in [-0.39, 0.29) is 6.10 Å². The minimum absolute atomic E-state index is 0.376. The molecule has 0 amide bonds. The molecule has 1 unspecified atom stereocenters. The maximum absolute atomic E-state index is 10.4. The van der Waals surface area contributed by atoms with Gasteiger partial charge in [0, 0.05) is 0 Å². The molecule has 0 heterocycles. The van der Waals surface area contributed by atoms with Crippen LogP contribution in [-0.4, -0.2) is 5.11 Å². The Hall–Kier alpha value is -1.60. The Labute approximate surface area is 128 Å². The summed E-state index contributed by atoms with van der Waals surface area (Å²) < 4.78 is 0. The topological polar surface area (TPSA) is 20.2 Å². The molecule has 2 aromatic carbocycles. The smallest absolute Gasteiger partial charge is 0.0793 e. The molecule has 1 N–H and O–H groups in total. The van der Waals surface area contributed by atoms with Crippen LogP contribution in [0.2, 0.25) is 0 Å². The Kier molecular flexibility index (Phi) is 5.58. The molecule has 1 heteroatoms. The molecular weight excluding hydrogens is 256 g/mol. The first kappa shape index (κ1) is 15.8. The SMILES string of the molecule is Cc1ccc(CCC(O)c2cccc(CC(C)C)c2)cc1. The van der Waals surface area contributed by atoms with Crippen molar-refractivity contribution in [3.63, 3.8) is 0 Å². The molecule has 0 fully saturated rings. The van der Waals surface area contributed by atoms with Crippen molar-refractivity contribution in [2.24, 2.45) is 5.92 Å². The number of hydrogen-bond acceptors (Lipinski definition) is 1. The lowest BCUT2D eigenvalue weighted by atomic mass is 9.96. The third-order valence-corrected chi connectivity index (χ3v) is 3.81. The summed E-state index contributed by atoms with van der Waals surface area (Å²) in [5, 5.41) is 10.4. The van der Waals surface area contributed by atoms with E-state index in [0.29, 0.717) is 5.92 Å². The molecule has 0 saturated heterocycles. The Bertz CT molecular complexity index is 554. The Morgan fingerprint density at radius 1 is 0.952 bits per heavy atom. The van der Waals surface area contributed by atoms with Crippen LogP contribution in [0.25, 0.3) is 0 Å². The first-order valence-corrected chi connectivity index (χ1v) is 7.87. The minimum Gasteiger partial charge on any atom is -0.388 e. The van der Waals surface area contributed by atoms with Gasteiger partial charge in [0.25, 0.3) is 0 Å². The van der Waals surface area contributed by atoms with Crippen LogP contribution >= 0.6 is 0 Å². The monoisotopic (exact) mass is 282 g/mol. The molecule has 0 aliphatic heterocycles. The van der Waals surface area contributed by atoms with Gasteiger partial charge in [-0.1, -0.05) is 67.9 Å². The Morgan fingerprint density at radius 2 is 1.67 bits per heavy atom. The van der Waals surface area contributed by atoms with Crippen LogP contribution in [0.4, 0.5) is 0 Å². The zero-order valence-corrected chi connectivity index (χ0v) is 13.3. The number of aliphatic hydroxyl groups is 1. The highest BCUT2D eigenvalue weighted by Gasteiger charge is 2.09. The van der Waals surface area contributed by atoms with Crippen molar-refractivity contribution in [2.75, 3.05) is 0 Å². The second-order valence-corrected chi connectivity index (χ2v) is 6.38. The van der Waals surface area contributed by atoms with E-state index in [9.17, 15) is 5.11 Å². The average Bonchev–Trinajstić information content (AvgIpc) is 2.46. The zero-order valence-electron chi connectivity index (χ0n) is 13.3. The van der Waals surface area contributed by atoms with Crippen LogP contribution in [0.3, 0.4) is 0 Å². The van der Waals surface area contributed by atoms with E-state index in [1.54, 1.807) is 0 Å². The van der Waals surface area contributed by atoms with Gasteiger partial charge in [-0.3, -0.25) is 0 Å². The van der Waals surface area contributed by atoms with E-state index in [2.05, 4.69) is 63.2 Å². The van der Waals surface area contributed by atoms with Crippen molar-refractivity contribution in [3.05, 3.63) is 70.8 Å². The molecule has 0 bridgehead atoms. The lowest BCUT2D eigenvalue weighted by Gasteiger charge is -2.13. The summed E-state index contributed by atoms with van der Waals surface area (Å²) in [6.45, 7) is 6.54. The van der Waals surface area contributed by atoms with E-state index in [1.807, 2.05) is 6.07 Å². The van der Waals surface area contributed by atoms with Gasteiger partial charge in [0.15, 0.2) is 0 Å². The summed E-state index contributed by atoms with van der Waals surface area (Å²) in [6, 6.07) is 17.0. The van der Waals surface area contributed by atoms with Gasteiger partial charge in [-0.25, -0.2) is 0 Å². The van der Waals surface area contributed by atoms with Crippen LogP contribution in [0, 0.1) is 12.8 Å². The molecule has 0 aliphatic carbocycles. The van der Waals surface area contributed by atoms with Crippen LogP contribution < -0.4 is 0 Å². The van der Waals surface area contributed by atoms with Gasteiger partial charge < -0.3 is 5.11 Å². The molecule has 0 radical (unpaired) electrons. The van der Waals surface area contributed by atoms with Crippen LogP contribution in [0.15, 0.2) is 48.5 Å². The molecule has 1 atom stereocenters. The lowest BCUT2D eigenvalue weighted by molar-refractivity contribution is 0.167. The number of aryl methyl sites for hydroxylation is 2. The van der Waals surface area contributed by atoms with E-state index < -0.39 is 0 Å². The Morgan fingerprint density at radius 3 is 2.33 bits per heavy atom. The normalized spacial score (nSPS) is 12.6. The number of hydrogen-bond donors (Lipinski definition) is 1. The van der Waals surface area contributed by atoms with E-state index >= 15 is 0 Å². The molecule has 0 saturated carbocycles. The highest BCUT2D eigenvalue weighted by atomic mass is 16.3. The molecule has 2 rings (SSSR count). The van der Waals surface area contributed by atoms with Crippen molar-refractivity contribution >= 4 is 0 Å². The fourth-order valence-corrected chi connectivity index (χ4v) is 2.62. The first-order valence-electron chi connectivity index (χ1n) is 7.87. The second kappa shape index (κ2) is 7.42. The minimum atomic E-state index is -0.376. The van der Waals surface area contributed by atoms with Crippen molar-refractivity contribution in [3.8, 4) is 0 Å². The lowest BCUT2D eigenvalue weighted by Crippen LogP contribution is -2.02. The quantitative estimate of drug-likeness (QED) is 0.802. The maximum Gasteiger partial charge on any atom is 0.0793 e. The third kappa shape index (κ3) is 5.02. The van der Waals surface area contributed by atoms with Crippen molar-refractivity contribution in [2.45, 2.75) is 46.1 Å². The molecule has 0 spiro atoms. The molecule has 112 valence electrons. The number of aliphatic hydroxyl groups excluding tert-OH is 1. The van der Waals surface area contributed by atoms with Crippen LogP contribution in [0.1, 0.15) is 48.6 Å². The summed E-state index contributed by atoms with van der Waals surface area (Å²) in [7, 11) is 0. The van der Waals surface area contributed by atoms with E-state index in [4.69, 9.17) is 0 Å². The van der Waals surface area contributed by atoms with Crippen LogP contribution in [-0.2, 0) is 12.8 Å². The van der Waals surface area contributed by atoms with Gasteiger partial charge in [-0.05, 0) is 48.8 Å². The largest absolute Gasteiger partial charge is 0.388 e. The fourth-order valence-electron chi connectivity index (χ4n) is 2.62. The van der Waals surface area contributed by atoms with Crippen LogP contribution in [0.5, 0.6) is 0 Å². The summed E-state index contributed by atoms with van der Waals surface area (Å²) >= 11 is 0. The van der Waals surface area contributed by atoms with Gasteiger partial charge in [0.2, 0.25) is 0 Å². The highest BCUT2D eigenvalue weighted by Crippen LogP contribution is 2.21. The van der Waals surface area contributed by atoms with Crippen molar-refractivity contribution in [1.82, 2.24) is 0 Å². The second-order valence-electron chi connectivity index (χ2n) is 6.38. The molecule has 0 aromatic heterocycles. The van der Waals surface area contributed by atoms with Crippen molar-refractivity contribution < 1.29 is 5.11 Å². The molecule has 1 nitrogen and oxygen atoms in total. The molecule has 21 heavy (non-hydrogen) atoms. The first-order chi connectivity index (χ1) is 10.0. The van der Waals surface area contributed by atoms with Gasteiger partial charge in [0.1, 0.15) is 0 Å². The summed E-state index contributed by atoms with van der Waals surface area (Å²) in [5.41, 5.74) is 4.93. The predicted molar refractivity (Wildman–Crippen MR) is 89.4 cm³/mol. The maximum atomic E-state index is 10.4. The van der Waals surface area contributed by atoms with Gasteiger partial charge in [-0.2, -0.15) is 0 Å². The average molecular weight is 282 g/mol. The predicted octanol–water partition coefficient (Wildman–Crippen LogP) is 4.86. The highest BCUT2D eigenvalue weighted by molar-refractivity contribution is 5.26. The van der Waals surface area contributed by atoms with Gasteiger partial charge in [-0.15, -0.1) is 0 Å². The number of rotatable bonds is 6. The van der Waals surface area contributed by atoms with E-state index in [0.717, 1.165) is 24.8 Å². The molecule has 0 aliphatic rings. The van der Waals surface area contributed by atoms with Gasteiger partial charge in [0.05, 0.1) is 6.10 Å². The summed E-state index contributed by atoms with van der Waals surface area (Å²) in [6.07, 6.45) is 2.38. The standard InChI is InChI=1S/C20H26O/c1-15(2)13-18-5-4-6-19(14-18)20(21)12-11-17-9-7-16(3)8-10-17/h4-10,14-15,20-21H,11-13H2,1-3H3. The Balaban J connectivity index is 1.96. The van der Waals surface area contributed by atoms with Gasteiger partial charge >= 0.3 is 0 Å². The molecular formula is C20H26O. The number of benzene rings is 2. The fraction of sp³-hybridized carbons (Fsp3) is 0.400. The molecule has 2 aromatic rings. The summed E-state index contributed by atoms with van der Waals surface area (Å²) in [5.74, 6) is 0.643. The third-order valence-electron chi connectivity index (χ3n) is 3.81. The zero-order chi connectivity index (χ0) is 15.2. The summed E-state index contributed by atoms with van der Waals surface area (Å²) in [4.78, 5) is 0. The van der Waals surface area contributed by atoms with E-state index in [1.165, 1.54) is 16.7 Å². The van der Waals surface area contributed by atoms with Crippen molar-refractivity contribution in [1.29, 1.82) is 0 Å².